The van der Waals surface area contributed by atoms with Crippen LogP contribution in [0.4, 0.5) is 13.2 Å². The Kier molecular flexibility index (Phi) is 9.47. The highest BCUT2D eigenvalue weighted by atomic mass is 32.1. The van der Waals surface area contributed by atoms with Gasteiger partial charge < -0.3 is 14.4 Å². The molecule has 0 fully saturated rings. The SMILES string of the molecule is Cc1ccc(C(F)(F)F)cc1.Cc1ncsc1Cn1ccc2cc(OC(C)(C)C)ccc21.O=CO. The number of nitrogens with zero attached hydrogens (tertiary/aromatic N) is 2. The quantitative estimate of drug-likeness (QED) is 0.295. The summed E-state index contributed by atoms with van der Waals surface area (Å²) in [6, 6.07) is 13.5. The fraction of sp³-hybridized carbons (Fsp3) is 0.308. The molecular formula is C26H29F3N2O3S. The molecule has 0 aliphatic rings. The average molecular weight is 507 g/mol. The maximum Gasteiger partial charge on any atom is 0.416 e. The van der Waals surface area contributed by atoms with E-state index in [-0.39, 0.29) is 12.1 Å². The zero-order valence-electron chi connectivity index (χ0n) is 20.3. The lowest BCUT2D eigenvalue weighted by Gasteiger charge is -2.21. The first-order chi connectivity index (χ1) is 16.3. The number of carboxylic acid groups (broad SMARTS) is 1. The van der Waals surface area contributed by atoms with E-state index >= 15 is 0 Å². The summed E-state index contributed by atoms with van der Waals surface area (Å²) in [5.74, 6) is 0.918. The van der Waals surface area contributed by atoms with Crippen molar-refractivity contribution in [3.05, 3.63) is 81.9 Å². The third kappa shape index (κ3) is 8.75. The van der Waals surface area contributed by atoms with E-state index in [1.165, 1.54) is 27.9 Å². The lowest BCUT2D eigenvalue weighted by atomic mass is 10.1. The zero-order valence-corrected chi connectivity index (χ0v) is 21.1. The van der Waals surface area contributed by atoms with Crippen LogP contribution < -0.4 is 4.74 Å². The van der Waals surface area contributed by atoms with Crippen molar-refractivity contribution in [1.82, 2.24) is 9.55 Å². The summed E-state index contributed by atoms with van der Waals surface area (Å²) in [6.45, 7) is 10.6. The van der Waals surface area contributed by atoms with Gasteiger partial charge in [0, 0.05) is 22.0 Å². The highest BCUT2D eigenvalue weighted by Gasteiger charge is 2.29. The summed E-state index contributed by atoms with van der Waals surface area (Å²) < 4.78 is 43.9. The molecule has 2 aromatic carbocycles. The minimum absolute atomic E-state index is 0.171. The van der Waals surface area contributed by atoms with Gasteiger partial charge in [0.15, 0.2) is 0 Å². The predicted molar refractivity (Wildman–Crippen MR) is 133 cm³/mol. The highest BCUT2D eigenvalue weighted by Crippen LogP contribution is 2.29. The van der Waals surface area contributed by atoms with Gasteiger partial charge in [0.05, 0.1) is 23.3 Å². The molecule has 4 aromatic rings. The van der Waals surface area contributed by atoms with Crippen LogP contribution in [-0.2, 0) is 17.5 Å². The van der Waals surface area contributed by atoms with Gasteiger partial charge in [-0.1, -0.05) is 17.7 Å². The van der Waals surface area contributed by atoms with Gasteiger partial charge in [-0.15, -0.1) is 11.3 Å². The standard InChI is InChI=1S/C17H20N2OS.C8H7F3.CH2O2/c1-12-16(21-11-18-12)10-19-8-7-13-9-14(5-6-15(13)19)20-17(2,3)4;1-6-2-4-7(5-3-6)8(9,10)11;2-1-3/h5-9,11H,10H2,1-4H3;2-5H,1H3;1H,(H,2,3). The number of ether oxygens (including phenoxy) is 1. The minimum atomic E-state index is -4.21. The molecule has 2 aromatic heterocycles. The molecule has 0 bridgehead atoms. The molecule has 1 N–H and O–H groups in total. The van der Waals surface area contributed by atoms with E-state index < -0.39 is 11.7 Å². The van der Waals surface area contributed by atoms with Crippen molar-refractivity contribution < 1.29 is 27.8 Å². The van der Waals surface area contributed by atoms with Crippen molar-refractivity contribution in [2.45, 2.75) is 52.9 Å². The topological polar surface area (TPSA) is 64.4 Å². The number of benzene rings is 2. The van der Waals surface area contributed by atoms with Crippen molar-refractivity contribution in [2.75, 3.05) is 0 Å². The van der Waals surface area contributed by atoms with Crippen LogP contribution in [0.3, 0.4) is 0 Å². The van der Waals surface area contributed by atoms with Gasteiger partial charge in [0.2, 0.25) is 0 Å². The summed E-state index contributed by atoms with van der Waals surface area (Å²) >= 11 is 1.71. The molecule has 2 heterocycles. The second-order valence-electron chi connectivity index (χ2n) is 8.71. The monoisotopic (exact) mass is 506 g/mol. The number of rotatable bonds is 3. The van der Waals surface area contributed by atoms with Crippen LogP contribution in [0.1, 0.15) is 42.5 Å². The number of alkyl halides is 3. The van der Waals surface area contributed by atoms with Crippen molar-refractivity contribution in [3.63, 3.8) is 0 Å². The smallest absolute Gasteiger partial charge is 0.416 e. The molecule has 9 heteroatoms. The largest absolute Gasteiger partial charge is 0.488 e. The lowest BCUT2D eigenvalue weighted by Crippen LogP contribution is -2.22. The van der Waals surface area contributed by atoms with E-state index in [4.69, 9.17) is 14.6 Å². The van der Waals surface area contributed by atoms with Gasteiger partial charge in [0.25, 0.3) is 6.47 Å². The zero-order chi connectivity index (χ0) is 26.2. The predicted octanol–water partition coefficient (Wildman–Crippen LogP) is 7.35. The Morgan fingerprint density at radius 1 is 1.06 bits per heavy atom. The Morgan fingerprint density at radius 3 is 2.20 bits per heavy atom. The molecule has 4 rings (SSSR count). The fourth-order valence-electron chi connectivity index (χ4n) is 3.11. The molecule has 0 aliphatic heterocycles. The number of fused-ring (bicyclic) bond motifs is 1. The molecule has 0 saturated heterocycles. The summed E-state index contributed by atoms with van der Waals surface area (Å²) in [5, 5.41) is 8.10. The van der Waals surface area contributed by atoms with Gasteiger partial charge in [-0.25, -0.2) is 4.98 Å². The molecule has 5 nitrogen and oxygen atoms in total. The first-order valence-electron chi connectivity index (χ1n) is 10.7. The van der Waals surface area contributed by atoms with Crippen molar-refractivity contribution >= 4 is 28.7 Å². The summed E-state index contributed by atoms with van der Waals surface area (Å²) in [7, 11) is 0. The molecular weight excluding hydrogens is 477 g/mol. The summed E-state index contributed by atoms with van der Waals surface area (Å²) in [6.07, 6.45) is -2.08. The van der Waals surface area contributed by atoms with Gasteiger partial charge in [0.1, 0.15) is 11.4 Å². The number of aryl methyl sites for hydroxylation is 2. The molecule has 188 valence electrons. The van der Waals surface area contributed by atoms with Crippen LogP contribution in [0.2, 0.25) is 0 Å². The van der Waals surface area contributed by atoms with Gasteiger partial charge >= 0.3 is 6.18 Å². The average Bonchev–Trinajstić information content (AvgIpc) is 3.34. The first kappa shape index (κ1) is 27.9. The lowest BCUT2D eigenvalue weighted by molar-refractivity contribution is -0.137. The Morgan fingerprint density at radius 2 is 1.69 bits per heavy atom. The molecule has 35 heavy (non-hydrogen) atoms. The van der Waals surface area contributed by atoms with Crippen LogP contribution in [-0.4, -0.2) is 26.7 Å². The summed E-state index contributed by atoms with van der Waals surface area (Å²) in [5.41, 5.74) is 4.32. The van der Waals surface area contributed by atoms with Crippen molar-refractivity contribution in [2.24, 2.45) is 0 Å². The third-order valence-corrected chi connectivity index (χ3v) is 5.62. The number of aromatic nitrogens is 2. The van der Waals surface area contributed by atoms with Crippen LogP contribution in [0, 0.1) is 13.8 Å². The number of carbonyl (C=O) groups is 1. The number of thiazole rings is 1. The van der Waals surface area contributed by atoms with Crippen LogP contribution in [0.25, 0.3) is 10.9 Å². The summed E-state index contributed by atoms with van der Waals surface area (Å²) in [4.78, 5) is 14.0. The van der Waals surface area contributed by atoms with E-state index in [1.807, 2.05) is 11.6 Å². The Balaban J connectivity index is 0.000000260. The van der Waals surface area contributed by atoms with Crippen LogP contribution in [0.5, 0.6) is 5.75 Å². The van der Waals surface area contributed by atoms with Gasteiger partial charge in [-0.05, 0) is 71.0 Å². The molecule has 0 aliphatic carbocycles. The number of hydrogen-bond donors (Lipinski definition) is 1. The van der Waals surface area contributed by atoms with E-state index in [2.05, 4.69) is 61.6 Å². The van der Waals surface area contributed by atoms with Gasteiger partial charge in [-0.2, -0.15) is 13.2 Å². The van der Waals surface area contributed by atoms with E-state index in [0.29, 0.717) is 0 Å². The van der Waals surface area contributed by atoms with Crippen LogP contribution >= 0.6 is 11.3 Å². The molecule has 0 radical (unpaired) electrons. The Bertz CT molecular complexity index is 1220. The van der Waals surface area contributed by atoms with E-state index in [0.717, 1.165) is 35.7 Å². The van der Waals surface area contributed by atoms with Crippen LogP contribution in [0.15, 0.2) is 60.2 Å². The normalized spacial score (nSPS) is 11.2. The third-order valence-electron chi connectivity index (χ3n) is 4.70. The minimum Gasteiger partial charge on any atom is -0.488 e. The fourth-order valence-corrected chi connectivity index (χ4v) is 3.88. The molecule has 0 amide bonds. The number of hydrogen-bond acceptors (Lipinski definition) is 4. The maximum absolute atomic E-state index is 11.9. The molecule has 0 saturated carbocycles. The Labute approximate surface area is 206 Å². The second-order valence-corrected chi connectivity index (χ2v) is 9.65. The van der Waals surface area contributed by atoms with Gasteiger partial charge in [-0.3, -0.25) is 4.79 Å². The van der Waals surface area contributed by atoms with E-state index in [9.17, 15) is 13.2 Å². The Hall–Kier alpha value is -3.33. The highest BCUT2D eigenvalue weighted by molar-refractivity contribution is 7.09. The first-order valence-corrected chi connectivity index (χ1v) is 11.6. The molecule has 0 spiro atoms. The molecule has 0 unspecified atom stereocenters. The second kappa shape index (κ2) is 11.9. The number of halogens is 3. The van der Waals surface area contributed by atoms with Crippen molar-refractivity contribution in [3.8, 4) is 5.75 Å². The van der Waals surface area contributed by atoms with Crippen molar-refractivity contribution in [1.29, 1.82) is 0 Å². The molecule has 0 atom stereocenters. The van der Waals surface area contributed by atoms with E-state index in [1.54, 1.807) is 18.3 Å². The maximum atomic E-state index is 11.9.